The zero-order valence-electron chi connectivity index (χ0n) is 10.00. The maximum absolute atomic E-state index is 11.9. The van der Waals surface area contributed by atoms with Gasteiger partial charge >= 0.3 is 0 Å². The fourth-order valence-electron chi connectivity index (χ4n) is 2.50. The first-order chi connectivity index (χ1) is 7.75. The molecule has 2 rings (SSSR count). The van der Waals surface area contributed by atoms with E-state index in [1.807, 2.05) is 0 Å². The van der Waals surface area contributed by atoms with Gasteiger partial charge in [0.1, 0.15) is 0 Å². The van der Waals surface area contributed by atoms with Crippen molar-refractivity contribution >= 4 is 5.91 Å². The van der Waals surface area contributed by atoms with Crippen LogP contribution in [-0.2, 0) is 9.53 Å². The molecular weight excluding hydrogens is 204 g/mol. The van der Waals surface area contributed by atoms with Gasteiger partial charge in [0.05, 0.1) is 6.61 Å². The SMILES string of the molecule is CC1CC(C(=O)NCC2CCOC2)CCN1. The lowest BCUT2D eigenvalue weighted by Crippen LogP contribution is -2.43. The van der Waals surface area contributed by atoms with Gasteiger partial charge in [0.25, 0.3) is 0 Å². The second-order valence-corrected chi connectivity index (χ2v) is 5.05. The lowest BCUT2D eigenvalue weighted by Gasteiger charge is -2.27. The number of amides is 1. The Morgan fingerprint density at radius 1 is 1.50 bits per heavy atom. The van der Waals surface area contributed by atoms with Gasteiger partial charge in [-0.05, 0) is 32.7 Å². The van der Waals surface area contributed by atoms with E-state index in [-0.39, 0.29) is 11.8 Å². The van der Waals surface area contributed by atoms with Gasteiger partial charge in [-0.3, -0.25) is 4.79 Å². The van der Waals surface area contributed by atoms with E-state index >= 15 is 0 Å². The molecule has 4 nitrogen and oxygen atoms in total. The van der Waals surface area contributed by atoms with Crippen molar-refractivity contribution in [2.24, 2.45) is 11.8 Å². The Balaban J connectivity index is 1.70. The highest BCUT2D eigenvalue weighted by molar-refractivity contribution is 5.78. The van der Waals surface area contributed by atoms with E-state index in [1.165, 1.54) is 0 Å². The van der Waals surface area contributed by atoms with Crippen LogP contribution in [0.25, 0.3) is 0 Å². The van der Waals surface area contributed by atoms with Crippen LogP contribution in [0.4, 0.5) is 0 Å². The van der Waals surface area contributed by atoms with Crippen LogP contribution >= 0.6 is 0 Å². The van der Waals surface area contributed by atoms with Crippen LogP contribution in [0.15, 0.2) is 0 Å². The molecule has 0 aromatic heterocycles. The number of carbonyl (C=O) groups is 1. The fourth-order valence-corrected chi connectivity index (χ4v) is 2.50. The molecule has 0 saturated carbocycles. The molecule has 16 heavy (non-hydrogen) atoms. The minimum atomic E-state index is 0.207. The number of carbonyl (C=O) groups excluding carboxylic acids is 1. The molecule has 3 atom stereocenters. The van der Waals surface area contributed by atoms with Crippen LogP contribution in [0.1, 0.15) is 26.2 Å². The summed E-state index contributed by atoms with van der Waals surface area (Å²) < 4.78 is 5.29. The monoisotopic (exact) mass is 226 g/mol. The number of ether oxygens (including phenoxy) is 1. The largest absolute Gasteiger partial charge is 0.381 e. The molecule has 4 heteroatoms. The summed E-state index contributed by atoms with van der Waals surface area (Å²) >= 11 is 0. The second-order valence-electron chi connectivity index (χ2n) is 5.05. The molecule has 1 amide bonds. The highest BCUT2D eigenvalue weighted by Crippen LogP contribution is 2.17. The van der Waals surface area contributed by atoms with Gasteiger partial charge < -0.3 is 15.4 Å². The number of hydrogen-bond acceptors (Lipinski definition) is 3. The zero-order chi connectivity index (χ0) is 11.4. The van der Waals surface area contributed by atoms with Crippen LogP contribution in [0.3, 0.4) is 0 Å². The molecule has 2 aliphatic rings. The van der Waals surface area contributed by atoms with Crippen molar-refractivity contribution in [3.05, 3.63) is 0 Å². The number of rotatable bonds is 3. The summed E-state index contributed by atoms with van der Waals surface area (Å²) in [4.78, 5) is 11.9. The minimum Gasteiger partial charge on any atom is -0.381 e. The topological polar surface area (TPSA) is 50.4 Å². The highest BCUT2D eigenvalue weighted by atomic mass is 16.5. The number of piperidine rings is 1. The summed E-state index contributed by atoms with van der Waals surface area (Å²) in [5.41, 5.74) is 0. The first-order valence-corrected chi connectivity index (χ1v) is 6.34. The number of nitrogens with one attached hydrogen (secondary N) is 2. The molecule has 2 fully saturated rings. The lowest BCUT2D eigenvalue weighted by molar-refractivity contribution is -0.126. The molecule has 0 radical (unpaired) electrons. The molecule has 2 aliphatic heterocycles. The van der Waals surface area contributed by atoms with Crippen molar-refractivity contribution in [3.63, 3.8) is 0 Å². The summed E-state index contributed by atoms with van der Waals surface area (Å²) in [5, 5.41) is 6.43. The van der Waals surface area contributed by atoms with Crippen molar-refractivity contribution in [1.29, 1.82) is 0 Å². The van der Waals surface area contributed by atoms with Crippen molar-refractivity contribution in [1.82, 2.24) is 10.6 Å². The van der Waals surface area contributed by atoms with Crippen molar-refractivity contribution < 1.29 is 9.53 Å². The molecule has 0 bridgehead atoms. The van der Waals surface area contributed by atoms with E-state index in [2.05, 4.69) is 17.6 Å². The van der Waals surface area contributed by atoms with E-state index in [0.717, 1.165) is 45.6 Å². The normalized spacial score (nSPS) is 34.9. The van der Waals surface area contributed by atoms with Crippen LogP contribution < -0.4 is 10.6 Å². The summed E-state index contributed by atoms with van der Waals surface area (Å²) in [6.07, 6.45) is 3.02. The third-order valence-electron chi connectivity index (χ3n) is 3.58. The zero-order valence-corrected chi connectivity index (χ0v) is 10.00. The Bertz CT molecular complexity index is 239. The third kappa shape index (κ3) is 3.19. The van der Waals surface area contributed by atoms with Gasteiger partial charge in [-0.1, -0.05) is 0 Å². The standard InChI is InChI=1S/C12H22N2O2/c1-9-6-11(2-4-13-9)12(15)14-7-10-3-5-16-8-10/h9-11,13H,2-8H2,1H3,(H,14,15). The Morgan fingerprint density at radius 2 is 2.38 bits per heavy atom. The minimum absolute atomic E-state index is 0.207. The van der Waals surface area contributed by atoms with E-state index in [0.29, 0.717) is 12.0 Å². The van der Waals surface area contributed by atoms with E-state index in [1.54, 1.807) is 0 Å². The molecule has 0 aromatic carbocycles. The highest BCUT2D eigenvalue weighted by Gasteiger charge is 2.25. The Hall–Kier alpha value is -0.610. The van der Waals surface area contributed by atoms with E-state index < -0.39 is 0 Å². The van der Waals surface area contributed by atoms with Gasteiger partial charge in [-0.2, -0.15) is 0 Å². The van der Waals surface area contributed by atoms with Crippen LogP contribution in [0.5, 0.6) is 0 Å². The molecule has 92 valence electrons. The van der Waals surface area contributed by atoms with Gasteiger partial charge in [-0.25, -0.2) is 0 Å². The van der Waals surface area contributed by atoms with Crippen LogP contribution in [-0.4, -0.2) is 38.3 Å². The summed E-state index contributed by atoms with van der Waals surface area (Å²) in [5.74, 6) is 0.974. The molecule has 2 heterocycles. The Morgan fingerprint density at radius 3 is 3.06 bits per heavy atom. The average molecular weight is 226 g/mol. The quantitative estimate of drug-likeness (QED) is 0.738. The summed E-state index contributed by atoms with van der Waals surface area (Å²) in [7, 11) is 0. The molecule has 3 unspecified atom stereocenters. The first kappa shape index (κ1) is 11.9. The van der Waals surface area contributed by atoms with Gasteiger partial charge in [0, 0.05) is 31.0 Å². The second kappa shape index (κ2) is 5.64. The molecule has 0 spiro atoms. The van der Waals surface area contributed by atoms with Crippen molar-refractivity contribution in [2.75, 3.05) is 26.3 Å². The smallest absolute Gasteiger partial charge is 0.223 e. The fraction of sp³-hybridized carbons (Fsp3) is 0.917. The summed E-state index contributed by atoms with van der Waals surface area (Å²) in [6, 6.07) is 0.472. The first-order valence-electron chi connectivity index (χ1n) is 6.34. The van der Waals surface area contributed by atoms with Crippen molar-refractivity contribution in [2.45, 2.75) is 32.2 Å². The van der Waals surface area contributed by atoms with E-state index in [9.17, 15) is 4.79 Å². The van der Waals surface area contributed by atoms with Crippen LogP contribution in [0, 0.1) is 11.8 Å². The van der Waals surface area contributed by atoms with Gasteiger partial charge in [0.2, 0.25) is 5.91 Å². The predicted molar refractivity (Wildman–Crippen MR) is 62.1 cm³/mol. The Kier molecular flexibility index (Phi) is 4.18. The molecule has 0 aliphatic carbocycles. The van der Waals surface area contributed by atoms with Crippen LogP contribution in [0.2, 0.25) is 0 Å². The predicted octanol–water partition coefficient (Wildman–Crippen LogP) is 0.527. The van der Waals surface area contributed by atoms with Crippen molar-refractivity contribution in [3.8, 4) is 0 Å². The summed E-state index contributed by atoms with van der Waals surface area (Å²) in [6.45, 7) is 5.56. The maximum Gasteiger partial charge on any atom is 0.223 e. The van der Waals surface area contributed by atoms with E-state index in [4.69, 9.17) is 4.74 Å². The Labute approximate surface area is 97.1 Å². The molecule has 2 N–H and O–H groups in total. The maximum atomic E-state index is 11.9. The molecular formula is C12H22N2O2. The molecule has 0 aromatic rings. The average Bonchev–Trinajstić information content (AvgIpc) is 2.78. The van der Waals surface area contributed by atoms with Gasteiger partial charge in [0.15, 0.2) is 0 Å². The third-order valence-corrected chi connectivity index (χ3v) is 3.58. The lowest BCUT2D eigenvalue weighted by atomic mass is 9.92. The van der Waals surface area contributed by atoms with Gasteiger partial charge in [-0.15, -0.1) is 0 Å². The molecule has 2 saturated heterocycles. The number of hydrogen-bond donors (Lipinski definition) is 2.